The molecule has 0 fully saturated rings. The highest BCUT2D eigenvalue weighted by Crippen LogP contribution is 2.20. The van der Waals surface area contributed by atoms with Gasteiger partial charge in [0.15, 0.2) is 0 Å². The summed E-state index contributed by atoms with van der Waals surface area (Å²) < 4.78 is 25.4. The van der Waals surface area contributed by atoms with Gasteiger partial charge in [0.1, 0.15) is 6.04 Å². The van der Waals surface area contributed by atoms with Crippen molar-refractivity contribution >= 4 is 21.6 Å². The van der Waals surface area contributed by atoms with Crippen LogP contribution >= 0.6 is 0 Å². The first-order chi connectivity index (χ1) is 11.3. The number of para-hydroxylation sites is 1. The summed E-state index contributed by atoms with van der Waals surface area (Å²) in [5.74, 6) is -0.342. The van der Waals surface area contributed by atoms with E-state index < -0.39 is 16.1 Å². The quantitative estimate of drug-likeness (QED) is 0.874. The Kier molecular flexibility index (Phi) is 5.62. The number of carbonyl (C=O) groups is 1. The van der Waals surface area contributed by atoms with Crippen molar-refractivity contribution in [3.05, 3.63) is 65.7 Å². The van der Waals surface area contributed by atoms with E-state index in [1.54, 1.807) is 37.3 Å². The second-order valence-electron chi connectivity index (χ2n) is 5.78. The minimum Gasteiger partial charge on any atom is -0.350 e. The fourth-order valence-electron chi connectivity index (χ4n) is 2.54. The van der Waals surface area contributed by atoms with E-state index in [9.17, 15) is 13.2 Å². The average Bonchev–Trinajstić information content (AvgIpc) is 2.52. The molecule has 1 amide bonds. The lowest BCUT2D eigenvalue weighted by Gasteiger charge is -2.28. The number of sulfonamides is 1. The SMILES string of the molecule is Cc1cccc(CNC(=O)C(C)N(c2ccccc2)S(C)(=O)=O)c1. The molecule has 24 heavy (non-hydrogen) atoms. The Balaban J connectivity index is 2.14. The number of nitrogens with one attached hydrogen (secondary N) is 1. The normalized spacial score (nSPS) is 12.5. The van der Waals surface area contributed by atoms with Crippen LogP contribution in [0, 0.1) is 6.92 Å². The fourth-order valence-corrected chi connectivity index (χ4v) is 3.72. The fraction of sp³-hybridized carbons (Fsp3) is 0.278. The van der Waals surface area contributed by atoms with Gasteiger partial charge < -0.3 is 5.32 Å². The summed E-state index contributed by atoms with van der Waals surface area (Å²) in [6.07, 6.45) is 1.10. The van der Waals surface area contributed by atoms with Crippen LogP contribution in [0.25, 0.3) is 0 Å². The number of hydrogen-bond donors (Lipinski definition) is 1. The summed E-state index contributed by atoms with van der Waals surface area (Å²) in [5, 5.41) is 2.80. The topological polar surface area (TPSA) is 66.5 Å². The Labute approximate surface area is 143 Å². The largest absolute Gasteiger partial charge is 0.350 e. The number of aryl methyl sites for hydroxylation is 1. The van der Waals surface area contributed by atoms with Gasteiger partial charge in [-0.1, -0.05) is 48.0 Å². The van der Waals surface area contributed by atoms with E-state index in [2.05, 4.69) is 5.32 Å². The molecule has 0 aliphatic heterocycles. The molecule has 1 unspecified atom stereocenters. The zero-order valence-electron chi connectivity index (χ0n) is 14.1. The molecule has 0 bridgehead atoms. The van der Waals surface area contributed by atoms with Crippen LogP contribution in [0.3, 0.4) is 0 Å². The summed E-state index contributed by atoms with van der Waals surface area (Å²) in [4.78, 5) is 12.4. The van der Waals surface area contributed by atoms with Gasteiger partial charge in [0.25, 0.3) is 0 Å². The van der Waals surface area contributed by atoms with E-state index in [1.165, 1.54) is 0 Å². The van der Waals surface area contributed by atoms with Gasteiger partial charge in [-0.25, -0.2) is 8.42 Å². The smallest absolute Gasteiger partial charge is 0.243 e. The zero-order valence-corrected chi connectivity index (χ0v) is 14.9. The van der Waals surface area contributed by atoms with Crippen LogP contribution < -0.4 is 9.62 Å². The molecule has 0 spiro atoms. The molecule has 2 rings (SSSR count). The first kappa shape index (κ1) is 18.0. The van der Waals surface area contributed by atoms with E-state index >= 15 is 0 Å². The third kappa shape index (κ3) is 4.58. The molecule has 128 valence electrons. The van der Waals surface area contributed by atoms with E-state index in [1.807, 2.05) is 31.2 Å². The molecule has 2 aromatic carbocycles. The third-order valence-corrected chi connectivity index (χ3v) is 4.89. The first-order valence-corrected chi connectivity index (χ1v) is 9.51. The molecule has 0 saturated heterocycles. The van der Waals surface area contributed by atoms with E-state index in [0.717, 1.165) is 21.7 Å². The Morgan fingerprint density at radius 1 is 1.12 bits per heavy atom. The Morgan fingerprint density at radius 2 is 1.79 bits per heavy atom. The van der Waals surface area contributed by atoms with Gasteiger partial charge in [0.2, 0.25) is 15.9 Å². The molecular formula is C18H22N2O3S. The van der Waals surface area contributed by atoms with Crippen molar-refractivity contribution < 1.29 is 13.2 Å². The van der Waals surface area contributed by atoms with Gasteiger partial charge >= 0.3 is 0 Å². The molecule has 0 heterocycles. The number of amides is 1. The van der Waals surface area contributed by atoms with Crippen LogP contribution in [0.5, 0.6) is 0 Å². The van der Waals surface area contributed by atoms with Crippen molar-refractivity contribution in [1.29, 1.82) is 0 Å². The lowest BCUT2D eigenvalue weighted by Crippen LogP contribution is -2.47. The molecule has 1 atom stereocenters. The predicted octanol–water partition coefficient (Wildman–Crippen LogP) is 2.47. The minimum atomic E-state index is -3.58. The van der Waals surface area contributed by atoms with Gasteiger partial charge in [-0.05, 0) is 31.5 Å². The molecule has 0 saturated carbocycles. The number of rotatable bonds is 6. The van der Waals surface area contributed by atoms with Gasteiger partial charge in [-0.2, -0.15) is 0 Å². The summed E-state index contributed by atoms with van der Waals surface area (Å²) >= 11 is 0. The van der Waals surface area contributed by atoms with Gasteiger partial charge in [-0.3, -0.25) is 9.10 Å². The zero-order chi connectivity index (χ0) is 17.7. The number of benzene rings is 2. The molecule has 2 aromatic rings. The van der Waals surface area contributed by atoms with E-state index in [4.69, 9.17) is 0 Å². The van der Waals surface area contributed by atoms with Crippen molar-refractivity contribution in [2.75, 3.05) is 10.6 Å². The van der Waals surface area contributed by atoms with Crippen LogP contribution in [0.15, 0.2) is 54.6 Å². The van der Waals surface area contributed by atoms with E-state index in [0.29, 0.717) is 12.2 Å². The number of carbonyl (C=O) groups excluding carboxylic acids is 1. The number of anilines is 1. The van der Waals surface area contributed by atoms with Crippen LogP contribution in [0.4, 0.5) is 5.69 Å². The molecule has 0 radical (unpaired) electrons. The van der Waals surface area contributed by atoms with E-state index in [-0.39, 0.29) is 5.91 Å². The lowest BCUT2D eigenvalue weighted by molar-refractivity contribution is -0.122. The van der Waals surface area contributed by atoms with Crippen molar-refractivity contribution in [2.24, 2.45) is 0 Å². The highest BCUT2D eigenvalue weighted by atomic mass is 32.2. The number of nitrogens with zero attached hydrogens (tertiary/aromatic N) is 1. The highest BCUT2D eigenvalue weighted by Gasteiger charge is 2.28. The molecule has 0 aromatic heterocycles. The summed E-state index contributed by atoms with van der Waals surface area (Å²) in [6.45, 7) is 3.92. The summed E-state index contributed by atoms with van der Waals surface area (Å²) in [7, 11) is -3.58. The molecule has 5 nitrogen and oxygen atoms in total. The Hall–Kier alpha value is -2.34. The molecule has 6 heteroatoms. The number of hydrogen-bond acceptors (Lipinski definition) is 3. The van der Waals surface area contributed by atoms with Gasteiger partial charge in [0, 0.05) is 6.54 Å². The lowest BCUT2D eigenvalue weighted by atomic mass is 10.1. The van der Waals surface area contributed by atoms with Crippen LogP contribution in [0.1, 0.15) is 18.1 Å². The summed E-state index contributed by atoms with van der Waals surface area (Å²) in [5.41, 5.74) is 2.55. The molecule has 1 N–H and O–H groups in total. The van der Waals surface area contributed by atoms with Crippen molar-refractivity contribution in [1.82, 2.24) is 5.32 Å². The van der Waals surface area contributed by atoms with Crippen molar-refractivity contribution in [3.8, 4) is 0 Å². The minimum absolute atomic E-state index is 0.342. The molecular weight excluding hydrogens is 324 g/mol. The second-order valence-corrected chi connectivity index (χ2v) is 7.64. The first-order valence-electron chi connectivity index (χ1n) is 7.67. The van der Waals surface area contributed by atoms with Crippen LogP contribution in [0.2, 0.25) is 0 Å². The van der Waals surface area contributed by atoms with Crippen LogP contribution in [-0.4, -0.2) is 26.6 Å². The monoisotopic (exact) mass is 346 g/mol. The van der Waals surface area contributed by atoms with Gasteiger partial charge in [-0.15, -0.1) is 0 Å². The highest BCUT2D eigenvalue weighted by molar-refractivity contribution is 7.92. The van der Waals surface area contributed by atoms with Crippen LogP contribution in [-0.2, 0) is 21.4 Å². The summed E-state index contributed by atoms with van der Waals surface area (Å²) in [6, 6.07) is 15.6. The maximum absolute atomic E-state index is 12.4. The maximum Gasteiger partial charge on any atom is 0.243 e. The Bertz CT molecular complexity index is 804. The molecule has 0 aliphatic carbocycles. The second kappa shape index (κ2) is 7.49. The Morgan fingerprint density at radius 3 is 2.38 bits per heavy atom. The van der Waals surface area contributed by atoms with Crippen molar-refractivity contribution in [2.45, 2.75) is 26.4 Å². The average molecular weight is 346 g/mol. The van der Waals surface area contributed by atoms with Gasteiger partial charge in [0.05, 0.1) is 11.9 Å². The predicted molar refractivity (Wildman–Crippen MR) is 96.3 cm³/mol. The molecule has 0 aliphatic rings. The maximum atomic E-state index is 12.4. The third-order valence-electron chi connectivity index (χ3n) is 3.65. The van der Waals surface area contributed by atoms with Crippen molar-refractivity contribution in [3.63, 3.8) is 0 Å². The standard InChI is InChI=1S/C18H22N2O3S/c1-14-8-7-9-16(12-14)13-19-18(21)15(2)20(24(3,22)23)17-10-5-4-6-11-17/h4-12,15H,13H2,1-3H3,(H,19,21).